The highest BCUT2D eigenvalue weighted by Gasteiger charge is 2.35. The summed E-state index contributed by atoms with van der Waals surface area (Å²) in [6.45, 7) is 17.1. The monoisotopic (exact) mass is 358 g/mol. The first kappa shape index (κ1) is 19.2. The van der Waals surface area contributed by atoms with Crippen molar-refractivity contribution in [3.63, 3.8) is 0 Å². The smallest absolute Gasteiger partial charge is 0.280 e. The Balaban J connectivity index is 1.59. The van der Waals surface area contributed by atoms with Gasteiger partial charge in [-0.3, -0.25) is 4.79 Å². The van der Waals surface area contributed by atoms with E-state index in [9.17, 15) is 4.79 Å². The van der Waals surface area contributed by atoms with Gasteiger partial charge in [0.25, 0.3) is 5.91 Å². The third-order valence-electron chi connectivity index (χ3n) is 6.49. The number of quaternary nitrogens is 1. The van der Waals surface area contributed by atoms with Gasteiger partial charge in [0.1, 0.15) is 0 Å². The number of piperazine rings is 1. The van der Waals surface area contributed by atoms with E-state index in [0.717, 1.165) is 39.3 Å². The Kier molecular flexibility index (Phi) is 5.91. The molecule has 0 aromatic heterocycles. The van der Waals surface area contributed by atoms with Gasteiger partial charge < -0.3 is 14.7 Å². The molecule has 2 fully saturated rings. The average molecular weight is 359 g/mol. The minimum atomic E-state index is 0.0771. The van der Waals surface area contributed by atoms with Gasteiger partial charge >= 0.3 is 0 Å². The number of benzene rings is 1. The van der Waals surface area contributed by atoms with Crippen molar-refractivity contribution in [2.24, 2.45) is 11.8 Å². The molecule has 0 spiro atoms. The molecule has 1 N–H and O–H groups in total. The molecule has 26 heavy (non-hydrogen) atoms. The van der Waals surface area contributed by atoms with Crippen LogP contribution >= 0.6 is 0 Å². The summed E-state index contributed by atoms with van der Waals surface area (Å²) in [6.07, 6.45) is 1.25. The summed E-state index contributed by atoms with van der Waals surface area (Å²) < 4.78 is 0. The molecule has 3 atom stereocenters. The highest BCUT2D eigenvalue weighted by atomic mass is 16.2. The molecule has 4 heteroatoms. The molecule has 1 aromatic carbocycles. The van der Waals surface area contributed by atoms with Gasteiger partial charge in [0.15, 0.2) is 6.04 Å². The predicted octanol–water partition coefficient (Wildman–Crippen LogP) is 1.90. The molecule has 0 unspecified atom stereocenters. The minimum absolute atomic E-state index is 0.0771. The molecule has 144 valence electrons. The molecular weight excluding hydrogens is 322 g/mol. The average Bonchev–Trinajstić information content (AvgIpc) is 2.62. The van der Waals surface area contributed by atoms with Crippen LogP contribution in [0, 0.1) is 25.7 Å². The van der Waals surface area contributed by atoms with Gasteiger partial charge in [-0.1, -0.05) is 26.0 Å². The van der Waals surface area contributed by atoms with Gasteiger partial charge in [0.05, 0.1) is 26.2 Å². The van der Waals surface area contributed by atoms with Crippen LogP contribution in [0.15, 0.2) is 18.2 Å². The first-order chi connectivity index (χ1) is 12.4. The van der Waals surface area contributed by atoms with E-state index in [1.807, 2.05) is 0 Å². The number of nitrogens with one attached hydrogen (secondary N) is 1. The predicted molar refractivity (Wildman–Crippen MR) is 108 cm³/mol. The van der Waals surface area contributed by atoms with Gasteiger partial charge in [-0.25, -0.2) is 0 Å². The lowest BCUT2D eigenvalue weighted by Crippen LogP contribution is -3.19. The number of likely N-dealkylation sites (tertiary alicyclic amines) is 1. The summed E-state index contributed by atoms with van der Waals surface area (Å²) >= 11 is 0. The number of hydrogen-bond donors (Lipinski definition) is 1. The topological polar surface area (TPSA) is 28.0 Å². The zero-order chi connectivity index (χ0) is 18.8. The molecule has 4 nitrogen and oxygen atoms in total. The fraction of sp³-hybridized carbons (Fsp3) is 0.682. The zero-order valence-corrected chi connectivity index (χ0v) is 17.2. The number of aryl methyl sites for hydroxylation is 1. The van der Waals surface area contributed by atoms with E-state index < -0.39 is 0 Å². The van der Waals surface area contributed by atoms with Crippen molar-refractivity contribution in [3.8, 4) is 0 Å². The van der Waals surface area contributed by atoms with Crippen molar-refractivity contribution in [2.75, 3.05) is 44.2 Å². The van der Waals surface area contributed by atoms with Crippen LogP contribution in [0.2, 0.25) is 0 Å². The first-order valence-corrected chi connectivity index (χ1v) is 10.3. The number of anilines is 1. The van der Waals surface area contributed by atoms with Crippen LogP contribution in [-0.4, -0.2) is 56.1 Å². The summed E-state index contributed by atoms with van der Waals surface area (Å²) in [4.78, 5) is 19.1. The van der Waals surface area contributed by atoms with Crippen molar-refractivity contribution in [3.05, 3.63) is 29.3 Å². The van der Waals surface area contributed by atoms with Gasteiger partial charge in [-0.2, -0.15) is 0 Å². The number of nitrogens with zero attached hydrogens (tertiary/aromatic N) is 2. The number of carbonyl (C=O) groups excluding carboxylic acids is 1. The Morgan fingerprint density at radius 2 is 1.73 bits per heavy atom. The van der Waals surface area contributed by atoms with E-state index in [4.69, 9.17) is 0 Å². The van der Waals surface area contributed by atoms with Crippen LogP contribution in [0.5, 0.6) is 0 Å². The van der Waals surface area contributed by atoms with E-state index in [0.29, 0.717) is 17.7 Å². The Morgan fingerprint density at radius 3 is 2.35 bits per heavy atom. The van der Waals surface area contributed by atoms with E-state index in [-0.39, 0.29) is 6.04 Å². The second-order valence-corrected chi connectivity index (χ2v) is 8.78. The molecule has 2 aliphatic heterocycles. The molecule has 3 rings (SSSR count). The van der Waals surface area contributed by atoms with Crippen molar-refractivity contribution in [1.82, 2.24) is 4.90 Å². The third-order valence-corrected chi connectivity index (χ3v) is 6.49. The molecular formula is C22H36N3O+. The fourth-order valence-electron chi connectivity index (χ4n) is 4.84. The number of amides is 1. The maximum Gasteiger partial charge on any atom is 0.280 e. The Morgan fingerprint density at radius 1 is 1.12 bits per heavy atom. The van der Waals surface area contributed by atoms with Crippen molar-refractivity contribution < 1.29 is 9.69 Å². The molecule has 2 heterocycles. The van der Waals surface area contributed by atoms with Gasteiger partial charge in [0, 0.05) is 18.8 Å². The van der Waals surface area contributed by atoms with E-state index in [2.05, 4.69) is 62.6 Å². The lowest BCUT2D eigenvalue weighted by atomic mass is 9.91. The Labute approximate surface area is 159 Å². The summed E-state index contributed by atoms with van der Waals surface area (Å²) in [7, 11) is 0. The highest BCUT2D eigenvalue weighted by Crippen LogP contribution is 2.23. The molecule has 0 bridgehead atoms. The molecule has 0 saturated carbocycles. The number of carbonyl (C=O) groups is 1. The van der Waals surface area contributed by atoms with Gasteiger partial charge in [0.2, 0.25) is 0 Å². The second kappa shape index (κ2) is 7.99. The first-order valence-electron chi connectivity index (χ1n) is 10.3. The van der Waals surface area contributed by atoms with Gasteiger partial charge in [-0.05, 0) is 56.2 Å². The fourth-order valence-corrected chi connectivity index (χ4v) is 4.84. The van der Waals surface area contributed by atoms with Crippen LogP contribution in [0.25, 0.3) is 0 Å². The van der Waals surface area contributed by atoms with Crippen LogP contribution < -0.4 is 9.80 Å². The third kappa shape index (κ3) is 4.06. The molecule has 2 saturated heterocycles. The van der Waals surface area contributed by atoms with Crippen LogP contribution in [0.1, 0.15) is 38.3 Å². The Bertz CT molecular complexity index is 626. The maximum atomic E-state index is 13.0. The Hall–Kier alpha value is -1.55. The lowest BCUT2D eigenvalue weighted by Gasteiger charge is -2.40. The van der Waals surface area contributed by atoms with Crippen LogP contribution in [0.4, 0.5) is 5.69 Å². The van der Waals surface area contributed by atoms with Crippen LogP contribution in [0.3, 0.4) is 0 Å². The van der Waals surface area contributed by atoms with E-state index >= 15 is 0 Å². The quantitative estimate of drug-likeness (QED) is 0.894. The molecule has 1 amide bonds. The van der Waals surface area contributed by atoms with Crippen LogP contribution in [-0.2, 0) is 4.79 Å². The number of hydrogen-bond acceptors (Lipinski definition) is 2. The standard InChI is InChI=1S/C22H35N3O/c1-16-13-17(2)15-25(14-16)22(26)20(5)23-9-11-24(12-10-23)21-8-6-7-18(3)19(21)4/h6-8,16-17,20H,9-15H2,1-5H3/p+1/t16-,17+,20-/m0/s1. The molecule has 0 radical (unpaired) electrons. The largest absolute Gasteiger partial charge is 0.360 e. The second-order valence-electron chi connectivity index (χ2n) is 8.78. The zero-order valence-electron chi connectivity index (χ0n) is 17.2. The van der Waals surface area contributed by atoms with Crippen molar-refractivity contribution >= 4 is 11.6 Å². The minimum Gasteiger partial charge on any atom is -0.360 e. The number of piperidine rings is 1. The summed E-state index contributed by atoms with van der Waals surface area (Å²) in [6, 6.07) is 6.65. The lowest BCUT2D eigenvalue weighted by molar-refractivity contribution is -0.915. The van der Waals surface area contributed by atoms with E-state index in [1.165, 1.54) is 28.1 Å². The maximum absolute atomic E-state index is 13.0. The highest BCUT2D eigenvalue weighted by molar-refractivity contribution is 5.80. The van der Waals surface area contributed by atoms with Gasteiger partial charge in [-0.15, -0.1) is 0 Å². The van der Waals surface area contributed by atoms with Crippen molar-refractivity contribution in [1.29, 1.82) is 0 Å². The summed E-state index contributed by atoms with van der Waals surface area (Å²) in [5.74, 6) is 1.62. The molecule has 0 aliphatic carbocycles. The number of rotatable bonds is 3. The summed E-state index contributed by atoms with van der Waals surface area (Å²) in [5, 5.41) is 0. The summed E-state index contributed by atoms with van der Waals surface area (Å²) in [5.41, 5.74) is 4.10. The SMILES string of the molecule is Cc1cccc(N2CC[NH+]([C@@H](C)C(=O)N3C[C@H](C)C[C@H](C)C3)CC2)c1C. The molecule has 1 aromatic rings. The van der Waals surface area contributed by atoms with Crippen molar-refractivity contribution in [2.45, 2.75) is 47.1 Å². The molecule has 2 aliphatic rings. The van der Waals surface area contributed by atoms with E-state index in [1.54, 1.807) is 0 Å². The normalized spacial score (nSPS) is 26.0.